The first kappa shape index (κ1) is 35.7. The molecule has 5 heterocycles. The van der Waals surface area contributed by atoms with Crippen LogP contribution in [0.4, 0.5) is 10.1 Å². The number of imide groups is 1. The highest BCUT2D eigenvalue weighted by Crippen LogP contribution is 2.40. The first-order valence-electron chi connectivity index (χ1n) is 18.1. The van der Waals surface area contributed by atoms with Crippen LogP contribution < -0.4 is 20.0 Å². The number of imidazole rings is 1. The van der Waals surface area contributed by atoms with Gasteiger partial charge in [-0.2, -0.15) is 8.42 Å². The number of anilines is 1. The molecule has 2 atom stereocenters. The molecule has 15 nitrogen and oxygen atoms in total. The maximum absolute atomic E-state index is 15.8. The summed E-state index contributed by atoms with van der Waals surface area (Å²) in [5.41, 5.74) is 2.43. The van der Waals surface area contributed by atoms with Gasteiger partial charge in [-0.25, -0.2) is 18.2 Å². The number of piperidine rings is 2. The lowest BCUT2D eigenvalue weighted by Crippen LogP contribution is -2.44. The van der Waals surface area contributed by atoms with Crippen LogP contribution in [0.25, 0.3) is 21.8 Å². The van der Waals surface area contributed by atoms with Crippen LogP contribution in [-0.4, -0.2) is 95.4 Å². The number of phenols is 1. The lowest BCUT2D eigenvalue weighted by Gasteiger charge is -2.32. The van der Waals surface area contributed by atoms with E-state index in [1.165, 1.54) is 10.6 Å². The van der Waals surface area contributed by atoms with Crippen LogP contribution in [0, 0.1) is 5.82 Å². The number of amides is 4. The lowest BCUT2D eigenvalue weighted by atomic mass is 9.89. The number of fused-ring (bicyclic) bond motifs is 2. The number of carbonyl (C=O) groups is 4. The van der Waals surface area contributed by atoms with Crippen LogP contribution in [0.15, 0.2) is 47.3 Å². The van der Waals surface area contributed by atoms with E-state index in [2.05, 4.69) is 10.2 Å². The Morgan fingerprint density at radius 2 is 1.63 bits per heavy atom. The molecule has 0 aliphatic carbocycles. The van der Waals surface area contributed by atoms with Crippen LogP contribution in [0.2, 0.25) is 0 Å². The summed E-state index contributed by atoms with van der Waals surface area (Å²) in [4.78, 5) is 66.6. The minimum Gasteiger partial charge on any atom is -0.506 e. The molecule has 54 heavy (non-hydrogen) atoms. The van der Waals surface area contributed by atoms with Crippen LogP contribution in [0.5, 0.6) is 5.75 Å². The molecule has 3 aromatic carbocycles. The van der Waals surface area contributed by atoms with Crippen molar-refractivity contribution in [1.82, 2.24) is 29.0 Å². The van der Waals surface area contributed by atoms with Crippen molar-refractivity contribution >= 4 is 61.3 Å². The SMILES string of the molecule is Cn1c(=O)n(C2CCC(=O)NC2=O)c2ccc(C3CCN(CCC(=O)N4CCC(c5ccc6cc(O)c(N7CC(=O)NS7(=O)=O)c(F)c6c5)C4)CC3)cc21. The Hall–Kier alpha value is -5.29. The molecule has 4 amide bonds. The minimum absolute atomic E-state index is 0.0436. The van der Waals surface area contributed by atoms with Gasteiger partial charge in [-0.15, -0.1) is 0 Å². The standard InChI is InChI=1S/C37H40FN7O8S/c1-41-29-17-23(4-5-27(29)45(37(41)51)28-6-7-31(47)39-36(28)50)21-8-12-42(13-9-21)14-11-33(49)43-15-10-25(19-43)22-2-3-24-18-30(46)35(34(38)26(24)16-22)44-20-32(48)40-54(44,52)53/h2-5,16-18,21,25,28,46H,6-15,19-20H2,1H3,(H,40,48)(H,39,47,50). The smallest absolute Gasteiger partial charge is 0.329 e. The van der Waals surface area contributed by atoms with Gasteiger partial charge in [-0.3, -0.25) is 33.6 Å². The predicted octanol–water partition coefficient (Wildman–Crippen LogP) is 2.08. The average Bonchev–Trinajstić information content (AvgIpc) is 3.81. The number of aromatic hydroxyl groups is 1. The van der Waals surface area contributed by atoms with Crippen molar-refractivity contribution in [2.24, 2.45) is 7.05 Å². The van der Waals surface area contributed by atoms with Crippen LogP contribution in [-0.2, 0) is 36.4 Å². The number of phenolic OH excluding ortho intramolecular Hbond substituents is 1. The number of hydrogen-bond acceptors (Lipinski definition) is 9. The molecule has 284 valence electrons. The number of nitrogens with one attached hydrogen (secondary N) is 2. The molecule has 4 saturated heterocycles. The second kappa shape index (κ2) is 13.5. The second-order valence-corrected chi connectivity index (χ2v) is 16.3. The molecule has 0 spiro atoms. The third-order valence-electron chi connectivity index (χ3n) is 11.5. The molecule has 2 unspecified atom stereocenters. The fraction of sp³-hybridized carbons (Fsp3) is 0.432. The zero-order chi connectivity index (χ0) is 38.1. The van der Waals surface area contributed by atoms with Gasteiger partial charge in [0.05, 0.1) is 11.0 Å². The van der Waals surface area contributed by atoms with Crippen molar-refractivity contribution < 1.29 is 37.1 Å². The maximum Gasteiger partial charge on any atom is 0.329 e. The van der Waals surface area contributed by atoms with Gasteiger partial charge in [0.1, 0.15) is 24.0 Å². The summed E-state index contributed by atoms with van der Waals surface area (Å²) in [6, 6.07) is 11.6. The van der Waals surface area contributed by atoms with Crippen molar-refractivity contribution in [3.63, 3.8) is 0 Å². The second-order valence-electron chi connectivity index (χ2n) is 14.7. The van der Waals surface area contributed by atoms with E-state index in [9.17, 15) is 37.5 Å². The minimum atomic E-state index is -4.33. The fourth-order valence-electron chi connectivity index (χ4n) is 8.51. The van der Waals surface area contributed by atoms with Crippen molar-refractivity contribution in [2.45, 2.75) is 56.4 Å². The summed E-state index contributed by atoms with van der Waals surface area (Å²) in [7, 11) is -2.64. The number of benzene rings is 3. The number of nitrogens with zero attached hydrogens (tertiary/aromatic N) is 5. The molecule has 0 radical (unpaired) electrons. The van der Waals surface area contributed by atoms with E-state index in [1.54, 1.807) is 28.5 Å². The number of hydrogen-bond donors (Lipinski definition) is 3. The van der Waals surface area contributed by atoms with E-state index in [0.29, 0.717) is 47.7 Å². The quantitative estimate of drug-likeness (QED) is 0.238. The van der Waals surface area contributed by atoms with Gasteiger partial charge in [-0.05, 0) is 85.5 Å². The van der Waals surface area contributed by atoms with Crippen molar-refractivity contribution in [3.8, 4) is 5.75 Å². The molecular weight excluding hydrogens is 722 g/mol. The molecular formula is C37H40FN7O8S. The van der Waals surface area contributed by atoms with Crippen molar-refractivity contribution in [3.05, 3.63) is 69.9 Å². The molecule has 4 aliphatic heterocycles. The van der Waals surface area contributed by atoms with Gasteiger partial charge in [0.15, 0.2) is 5.82 Å². The normalized spacial score (nSPS) is 22.4. The van der Waals surface area contributed by atoms with Gasteiger partial charge in [0, 0.05) is 50.8 Å². The highest BCUT2D eigenvalue weighted by molar-refractivity contribution is 7.92. The van der Waals surface area contributed by atoms with E-state index < -0.39 is 51.9 Å². The summed E-state index contributed by atoms with van der Waals surface area (Å²) in [5, 5.41) is 13.3. The number of aryl methyl sites for hydroxylation is 1. The number of likely N-dealkylation sites (tertiary alicyclic amines) is 2. The Bertz CT molecular complexity index is 2420. The Morgan fingerprint density at radius 3 is 2.35 bits per heavy atom. The Balaban J connectivity index is 0.871. The van der Waals surface area contributed by atoms with Crippen LogP contribution in [0.1, 0.15) is 67.5 Å². The fourth-order valence-corrected chi connectivity index (χ4v) is 9.67. The highest BCUT2D eigenvalue weighted by Gasteiger charge is 2.38. The van der Waals surface area contributed by atoms with E-state index >= 15 is 4.39 Å². The molecule has 8 rings (SSSR count). The summed E-state index contributed by atoms with van der Waals surface area (Å²) in [6.07, 6.45) is 3.30. The zero-order valence-corrected chi connectivity index (χ0v) is 30.4. The van der Waals surface area contributed by atoms with Gasteiger partial charge >= 0.3 is 15.9 Å². The molecule has 4 fully saturated rings. The number of rotatable bonds is 7. The van der Waals surface area contributed by atoms with E-state index in [1.807, 2.05) is 29.2 Å². The summed E-state index contributed by atoms with van der Waals surface area (Å²) < 4.78 is 45.9. The topological polar surface area (TPSA) is 183 Å². The number of carbonyl (C=O) groups excluding carboxylic acids is 4. The molecule has 17 heteroatoms. The monoisotopic (exact) mass is 761 g/mol. The van der Waals surface area contributed by atoms with Crippen LogP contribution >= 0.6 is 0 Å². The number of halogens is 1. The van der Waals surface area contributed by atoms with Gasteiger partial charge < -0.3 is 14.9 Å². The van der Waals surface area contributed by atoms with Gasteiger partial charge in [0.2, 0.25) is 17.7 Å². The molecule has 4 aromatic rings. The largest absolute Gasteiger partial charge is 0.506 e. The Morgan fingerprint density at radius 1 is 0.907 bits per heavy atom. The van der Waals surface area contributed by atoms with Crippen LogP contribution in [0.3, 0.4) is 0 Å². The third kappa shape index (κ3) is 6.28. The molecule has 1 aromatic heterocycles. The average molecular weight is 762 g/mol. The summed E-state index contributed by atoms with van der Waals surface area (Å²) >= 11 is 0. The summed E-state index contributed by atoms with van der Waals surface area (Å²) in [6.45, 7) is 2.65. The Labute approximate surface area is 309 Å². The third-order valence-corrected chi connectivity index (χ3v) is 12.9. The summed E-state index contributed by atoms with van der Waals surface area (Å²) in [5.74, 6) is -2.89. The van der Waals surface area contributed by atoms with E-state index in [4.69, 9.17) is 0 Å². The van der Waals surface area contributed by atoms with E-state index in [-0.39, 0.29) is 47.6 Å². The van der Waals surface area contributed by atoms with Crippen molar-refractivity contribution in [1.29, 1.82) is 0 Å². The first-order valence-corrected chi connectivity index (χ1v) is 19.6. The van der Waals surface area contributed by atoms with Gasteiger partial charge in [0.25, 0.3) is 5.91 Å². The van der Waals surface area contributed by atoms with Gasteiger partial charge in [-0.1, -0.05) is 18.2 Å². The molecule has 3 N–H and O–H groups in total. The maximum atomic E-state index is 15.8. The molecule has 4 aliphatic rings. The van der Waals surface area contributed by atoms with E-state index in [0.717, 1.165) is 42.6 Å². The highest BCUT2D eigenvalue weighted by atomic mass is 32.2. The number of aromatic nitrogens is 2. The zero-order valence-electron chi connectivity index (χ0n) is 29.6. The predicted molar refractivity (Wildman–Crippen MR) is 196 cm³/mol. The lowest BCUT2D eigenvalue weighted by molar-refractivity contribution is -0.136. The molecule has 0 bridgehead atoms. The Kier molecular flexibility index (Phi) is 8.95. The van der Waals surface area contributed by atoms with Crippen molar-refractivity contribution in [2.75, 3.05) is 43.6 Å². The first-order chi connectivity index (χ1) is 25.8. The molecule has 0 saturated carbocycles.